The Kier molecular flexibility index (Phi) is 6.84. The lowest BCUT2D eigenvalue weighted by Crippen LogP contribution is -2.42. The minimum Gasteiger partial charge on any atom is -0.356 e. The lowest BCUT2D eigenvalue weighted by molar-refractivity contribution is -0.126. The molecule has 0 radical (unpaired) electrons. The molecule has 1 fully saturated rings. The molecule has 0 saturated heterocycles. The zero-order chi connectivity index (χ0) is 14.3. The second-order valence-corrected chi connectivity index (χ2v) is 5.54. The van der Waals surface area contributed by atoms with E-state index in [-0.39, 0.29) is 23.8 Å². The van der Waals surface area contributed by atoms with Gasteiger partial charge in [-0.2, -0.15) is 0 Å². The van der Waals surface area contributed by atoms with Gasteiger partial charge in [0.1, 0.15) is 0 Å². The number of hydrogen-bond acceptors (Lipinski definition) is 3. The van der Waals surface area contributed by atoms with E-state index in [2.05, 4.69) is 17.6 Å². The Hall–Kier alpha value is -1.10. The molecule has 2 amide bonds. The molecule has 0 spiro atoms. The molecule has 1 aliphatic rings. The Bertz CT molecular complexity index is 307. The third-order valence-corrected chi connectivity index (χ3v) is 3.85. The highest BCUT2D eigenvalue weighted by Gasteiger charge is 2.29. The summed E-state index contributed by atoms with van der Waals surface area (Å²) in [7, 11) is 0. The zero-order valence-corrected chi connectivity index (χ0v) is 12.1. The number of amides is 2. The molecule has 5 nitrogen and oxygen atoms in total. The van der Waals surface area contributed by atoms with Crippen LogP contribution in [0.4, 0.5) is 0 Å². The number of rotatable bonds is 6. The average molecular weight is 269 g/mol. The first-order valence-electron chi connectivity index (χ1n) is 7.34. The van der Waals surface area contributed by atoms with Gasteiger partial charge in [0.2, 0.25) is 11.8 Å². The number of carbonyl (C=O) groups is 2. The van der Waals surface area contributed by atoms with Gasteiger partial charge in [-0.3, -0.25) is 9.59 Å². The number of nitrogens with two attached hydrogens (primary N) is 1. The SMILES string of the molecule is CCCNC(=O)CCNC(=O)C1CCC(C)C(N)C1. The van der Waals surface area contributed by atoms with Gasteiger partial charge in [-0.1, -0.05) is 13.8 Å². The number of nitrogens with one attached hydrogen (secondary N) is 2. The third kappa shape index (κ3) is 5.59. The predicted octanol–water partition coefficient (Wildman–Crippen LogP) is 0.782. The molecule has 0 aromatic heterocycles. The third-order valence-electron chi connectivity index (χ3n) is 3.85. The molecule has 19 heavy (non-hydrogen) atoms. The summed E-state index contributed by atoms with van der Waals surface area (Å²) in [5.41, 5.74) is 5.99. The van der Waals surface area contributed by atoms with Crippen LogP contribution in [0.5, 0.6) is 0 Å². The predicted molar refractivity (Wildman–Crippen MR) is 75.4 cm³/mol. The standard InChI is InChI=1S/C14H27N3O2/c1-3-7-16-13(18)6-8-17-14(19)11-5-4-10(2)12(15)9-11/h10-12H,3-9,15H2,1-2H3,(H,16,18)(H,17,19). The highest BCUT2D eigenvalue weighted by molar-refractivity contribution is 5.80. The average Bonchev–Trinajstić information content (AvgIpc) is 2.39. The molecule has 4 N–H and O–H groups in total. The van der Waals surface area contributed by atoms with E-state index in [0.717, 1.165) is 25.7 Å². The van der Waals surface area contributed by atoms with Crippen LogP contribution in [0.2, 0.25) is 0 Å². The van der Waals surface area contributed by atoms with Crippen molar-refractivity contribution >= 4 is 11.8 Å². The molecule has 1 rings (SSSR count). The molecular weight excluding hydrogens is 242 g/mol. The minimum atomic E-state index is -0.00359. The summed E-state index contributed by atoms with van der Waals surface area (Å²) in [4.78, 5) is 23.3. The Balaban J connectivity index is 2.19. The Morgan fingerprint density at radius 2 is 1.95 bits per heavy atom. The molecule has 0 aromatic rings. The molecule has 0 aromatic carbocycles. The Morgan fingerprint density at radius 1 is 1.21 bits per heavy atom. The van der Waals surface area contributed by atoms with Crippen LogP contribution in [0.25, 0.3) is 0 Å². The van der Waals surface area contributed by atoms with E-state index in [0.29, 0.717) is 25.4 Å². The van der Waals surface area contributed by atoms with E-state index in [4.69, 9.17) is 5.73 Å². The van der Waals surface area contributed by atoms with Crippen molar-refractivity contribution in [1.29, 1.82) is 0 Å². The van der Waals surface area contributed by atoms with Crippen molar-refractivity contribution in [1.82, 2.24) is 10.6 Å². The fourth-order valence-electron chi connectivity index (χ4n) is 2.39. The van der Waals surface area contributed by atoms with E-state index in [1.165, 1.54) is 0 Å². The summed E-state index contributed by atoms with van der Waals surface area (Å²) in [6, 6.07) is 0.123. The molecule has 1 aliphatic carbocycles. The molecule has 0 bridgehead atoms. The molecule has 110 valence electrons. The van der Waals surface area contributed by atoms with E-state index in [1.54, 1.807) is 0 Å². The van der Waals surface area contributed by atoms with Crippen molar-refractivity contribution in [3.63, 3.8) is 0 Å². The van der Waals surface area contributed by atoms with Gasteiger partial charge in [0.25, 0.3) is 0 Å². The van der Waals surface area contributed by atoms with Gasteiger partial charge < -0.3 is 16.4 Å². The van der Waals surface area contributed by atoms with Crippen molar-refractivity contribution in [3.8, 4) is 0 Å². The van der Waals surface area contributed by atoms with Crippen molar-refractivity contribution < 1.29 is 9.59 Å². The summed E-state index contributed by atoms with van der Waals surface area (Å²) in [5, 5.41) is 5.63. The van der Waals surface area contributed by atoms with Crippen LogP contribution in [0.3, 0.4) is 0 Å². The first-order valence-corrected chi connectivity index (χ1v) is 7.34. The quantitative estimate of drug-likeness (QED) is 0.666. The Morgan fingerprint density at radius 3 is 2.58 bits per heavy atom. The normalized spacial score (nSPS) is 26.8. The second-order valence-electron chi connectivity index (χ2n) is 5.54. The van der Waals surface area contributed by atoms with Gasteiger partial charge in [-0.05, 0) is 31.6 Å². The van der Waals surface area contributed by atoms with Crippen molar-refractivity contribution in [2.75, 3.05) is 13.1 Å². The van der Waals surface area contributed by atoms with Crippen LogP contribution in [-0.2, 0) is 9.59 Å². The van der Waals surface area contributed by atoms with Crippen molar-refractivity contribution in [3.05, 3.63) is 0 Å². The highest BCUT2D eigenvalue weighted by Crippen LogP contribution is 2.27. The summed E-state index contributed by atoms with van der Waals surface area (Å²) in [6.07, 6.45) is 3.95. The molecular formula is C14H27N3O2. The maximum absolute atomic E-state index is 11.9. The van der Waals surface area contributed by atoms with Gasteiger partial charge in [-0.25, -0.2) is 0 Å². The summed E-state index contributed by atoms with van der Waals surface area (Å²) in [5.74, 6) is 0.565. The second kappa shape index (κ2) is 8.15. The smallest absolute Gasteiger partial charge is 0.223 e. The largest absolute Gasteiger partial charge is 0.356 e. The van der Waals surface area contributed by atoms with Crippen LogP contribution in [-0.4, -0.2) is 30.9 Å². The molecule has 3 unspecified atom stereocenters. The lowest BCUT2D eigenvalue weighted by atomic mass is 9.79. The molecule has 1 saturated carbocycles. The molecule has 5 heteroatoms. The topological polar surface area (TPSA) is 84.2 Å². The van der Waals surface area contributed by atoms with Gasteiger partial charge >= 0.3 is 0 Å². The van der Waals surface area contributed by atoms with E-state index in [9.17, 15) is 9.59 Å². The monoisotopic (exact) mass is 269 g/mol. The van der Waals surface area contributed by atoms with Crippen LogP contribution in [0.1, 0.15) is 46.0 Å². The van der Waals surface area contributed by atoms with Crippen molar-refractivity contribution in [2.45, 2.75) is 52.0 Å². The van der Waals surface area contributed by atoms with Gasteiger partial charge in [-0.15, -0.1) is 0 Å². The van der Waals surface area contributed by atoms with Crippen LogP contribution < -0.4 is 16.4 Å². The maximum atomic E-state index is 11.9. The summed E-state index contributed by atoms with van der Waals surface area (Å²) in [6.45, 7) is 5.25. The van der Waals surface area contributed by atoms with E-state index >= 15 is 0 Å². The fourth-order valence-corrected chi connectivity index (χ4v) is 2.39. The van der Waals surface area contributed by atoms with Crippen molar-refractivity contribution in [2.24, 2.45) is 17.6 Å². The summed E-state index contributed by atoms with van der Waals surface area (Å²) < 4.78 is 0. The van der Waals surface area contributed by atoms with E-state index in [1.807, 2.05) is 6.92 Å². The van der Waals surface area contributed by atoms with Gasteiger partial charge in [0, 0.05) is 31.5 Å². The molecule has 0 heterocycles. The van der Waals surface area contributed by atoms with Crippen LogP contribution in [0.15, 0.2) is 0 Å². The lowest BCUT2D eigenvalue weighted by Gasteiger charge is -2.30. The van der Waals surface area contributed by atoms with E-state index < -0.39 is 0 Å². The minimum absolute atomic E-state index is 0.00359. The molecule has 0 aliphatic heterocycles. The summed E-state index contributed by atoms with van der Waals surface area (Å²) >= 11 is 0. The fraction of sp³-hybridized carbons (Fsp3) is 0.857. The van der Waals surface area contributed by atoms with Crippen LogP contribution >= 0.6 is 0 Å². The Labute approximate surface area is 115 Å². The first kappa shape index (κ1) is 16.0. The van der Waals surface area contributed by atoms with Crippen LogP contribution in [0, 0.1) is 11.8 Å². The first-order chi connectivity index (χ1) is 9.04. The zero-order valence-electron chi connectivity index (χ0n) is 12.1. The highest BCUT2D eigenvalue weighted by atomic mass is 16.2. The number of hydrogen-bond donors (Lipinski definition) is 3. The van der Waals surface area contributed by atoms with Gasteiger partial charge in [0.15, 0.2) is 0 Å². The molecule has 3 atom stereocenters. The maximum Gasteiger partial charge on any atom is 0.223 e. The van der Waals surface area contributed by atoms with Gasteiger partial charge in [0.05, 0.1) is 0 Å². The number of carbonyl (C=O) groups excluding carboxylic acids is 2.